The fourth-order valence-electron chi connectivity index (χ4n) is 4.53. The maximum atomic E-state index is 13.0. The lowest BCUT2D eigenvalue weighted by molar-refractivity contribution is 0.0663. The average Bonchev–Trinajstić information content (AvgIpc) is 3.15. The van der Waals surface area contributed by atoms with E-state index < -0.39 is 5.63 Å². The molecule has 0 bridgehead atoms. The second kappa shape index (κ2) is 8.88. The molecule has 1 aromatic carbocycles. The smallest absolute Gasteiger partial charge is 0.349 e. The molecule has 1 aliphatic rings. The highest BCUT2D eigenvalue weighted by Gasteiger charge is 2.27. The molecule has 1 fully saturated rings. The van der Waals surface area contributed by atoms with Crippen molar-refractivity contribution in [2.24, 2.45) is 11.7 Å². The number of hydrogen-bond acceptors (Lipinski definition) is 4. The zero-order valence-corrected chi connectivity index (χ0v) is 17.4. The van der Waals surface area contributed by atoms with E-state index in [1.54, 1.807) is 4.90 Å². The predicted molar refractivity (Wildman–Crippen MR) is 118 cm³/mol. The topological polar surface area (TPSA) is 92.3 Å². The molecule has 3 aromatic rings. The molecule has 6 nitrogen and oxygen atoms in total. The first-order valence-corrected chi connectivity index (χ1v) is 10.7. The number of nitrogens with one attached hydrogen (secondary N) is 1. The Morgan fingerprint density at radius 1 is 1.30 bits per heavy atom. The van der Waals surface area contributed by atoms with Crippen molar-refractivity contribution in [3.8, 4) is 0 Å². The molecule has 1 saturated heterocycles. The van der Waals surface area contributed by atoms with E-state index in [0.29, 0.717) is 43.3 Å². The Hall–Kier alpha value is -2.86. The van der Waals surface area contributed by atoms with Gasteiger partial charge in [-0.2, -0.15) is 0 Å². The second-order valence-corrected chi connectivity index (χ2v) is 8.25. The van der Waals surface area contributed by atoms with Crippen molar-refractivity contribution < 1.29 is 9.21 Å². The molecule has 3 heterocycles. The molecule has 1 amide bonds. The minimum Gasteiger partial charge on any atom is -0.427 e. The van der Waals surface area contributed by atoms with Crippen molar-refractivity contribution >= 4 is 16.8 Å². The van der Waals surface area contributed by atoms with Crippen molar-refractivity contribution in [3.05, 3.63) is 69.4 Å². The quantitative estimate of drug-likeness (QED) is 0.655. The second-order valence-electron chi connectivity index (χ2n) is 8.25. The lowest BCUT2D eigenvalue weighted by Gasteiger charge is -2.32. The van der Waals surface area contributed by atoms with Gasteiger partial charge in [-0.3, -0.25) is 4.79 Å². The van der Waals surface area contributed by atoms with E-state index in [1.807, 2.05) is 37.4 Å². The number of aryl methyl sites for hydroxylation is 3. The van der Waals surface area contributed by atoms with Crippen LogP contribution in [0.25, 0.3) is 10.9 Å². The fraction of sp³-hybridized carbons (Fsp3) is 0.417. The van der Waals surface area contributed by atoms with Crippen molar-refractivity contribution in [2.75, 3.05) is 19.6 Å². The molecule has 1 atom stereocenters. The lowest BCUT2D eigenvalue weighted by Crippen LogP contribution is -2.42. The molecule has 4 rings (SSSR count). The van der Waals surface area contributed by atoms with Crippen LogP contribution < -0.4 is 11.4 Å². The first kappa shape index (κ1) is 20.4. The number of rotatable bonds is 6. The van der Waals surface area contributed by atoms with Gasteiger partial charge in [0, 0.05) is 36.6 Å². The monoisotopic (exact) mass is 407 g/mol. The molecule has 1 unspecified atom stereocenters. The maximum Gasteiger partial charge on any atom is 0.349 e. The number of carbonyl (C=O) groups excluding carboxylic acids is 1. The predicted octanol–water partition coefficient (Wildman–Crippen LogP) is 3.42. The summed E-state index contributed by atoms with van der Waals surface area (Å²) in [6, 6.07) is 9.98. The van der Waals surface area contributed by atoms with Crippen molar-refractivity contribution in [1.82, 2.24) is 9.88 Å². The summed E-state index contributed by atoms with van der Waals surface area (Å²) in [6.45, 7) is 3.79. The molecule has 2 aromatic heterocycles. The fourth-order valence-corrected chi connectivity index (χ4v) is 4.53. The van der Waals surface area contributed by atoms with E-state index in [9.17, 15) is 9.59 Å². The average molecular weight is 408 g/mol. The molecule has 0 saturated carbocycles. The van der Waals surface area contributed by atoms with Crippen LogP contribution in [0.15, 0.2) is 45.7 Å². The van der Waals surface area contributed by atoms with Crippen LogP contribution >= 0.6 is 0 Å². The summed E-state index contributed by atoms with van der Waals surface area (Å²) >= 11 is 0. The van der Waals surface area contributed by atoms with Crippen LogP contribution in [0.5, 0.6) is 0 Å². The molecule has 0 spiro atoms. The van der Waals surface area contributed by atoms with Gasteiger partial charge in [-0.15, -0.1) is 0 Å². The van der Waals surface area contributed by atoms with Crippen molar-refractivity contribution in [2.45, 2.75) is 39.0 Å². The molecule has 30 heavy (non-hydrogen) atoms. The van der Waals surface area contributed by atoms with Crippen LogP contribution in [0.4, 0.5) is 0 Å². The van der Waals surface area contributed by atoms with Crippen LogP contribution in [0.1, 0.15) is 46.5 Å². The number of carbonyl (C=O) groups is 1. The summed E-state index contributed by atoms with van der Waals surface area (Å²) in [5.74, 6) is 0.806. The molecule has 6 heteroatoms. The summed E-state index contributed by atoms with van der Waals surface area (Å²) in [6.07, 6.45) is 6.30. The minimum atomic E-state index is -0.533. The van der Waals surface area contributed by atoms with Gasteiger partial charge in [0.25, 0.3) is 5.91 Å². The summed E-state index contributed by atoms with van der Waals surface area (Å²) in [7, 11) is 0. The van der Waals surface area contributed by atoms with Gasteiger partial charge in [-0.1, -0.05) is 18.2 Å². The Labute approximate surface area is 176 Å². The highest BCUT2D eigenvalue weighted by molar-refractivity contribution is 5.95. The van der Waals surface area contributed by atoms with Crippen LogP contribution in [-0.2, 0) is 12.8 Å². The van der Waals surface area contributed by atoms with Gasteiger partial charge in [0.2, 0.25) is 0 Å². The number of benzene rings is 1. The molecular weight excluding hydrogens is 378 g/mol. The zero-order valence-electron chi connectivity index (χ0n) is 17.4. The third-order valence-corrected chi connectivity index (χ3v) is 6.11. The normalized spacial score (nSPS) is 16.9. The number of H-pyrrole nitrogens is 1. The molecule has 158 valence electrons. The van der Waals surface area contributed by atoms with Crippen LogP contribution in [0.2, 0.25) is 0 Å². The van der Waals surface area contributed by atoms with E-state index >= 15 is 0 Å². The number of aromatic amines is 1. The number of likely N-dealkylation sites (tertiary alicyclic amines) is 1. The van der Waals surface area contributed by atoms with Crippen molar-refractivity contribution in [3.63, 3.8) is 0 Å². The molecule has 3 N–H and O–H groups in total. The number of piperidine rings is 1. The first-order chi connectivity index (χ1) is 14.6. The standard InChI is InChI=1S/C24H29N3O3/c1-16-13-19(9-8-18-14-26-21-7-3-2-6-20(18)21)30-24(29)22(16)23(28)27-12-4-5-17(15-27)10-11-25/h2-3,6-7,13-14,17,26H,4-5,8-12,15,25H2,1H3. The van der Waals surface area contributed by atoms with Gasteiger partial charge in [0.15, 0.2) is 0 Å². The lowest BCUT2D eigenvalue weighted by atomic mass is 9.94. The van der Waals surface area contributed by atoms with E-state index in [0.717, 1.165) is 31.2 Å². The number of aromatic nitrogens is 1. The third kappa shape index (κ3) is 4.19. The summed E-state index contributed by atoms with van der Waals surface area (Å²) in [4.78, 5) is 30.8. The summed E-state index contributed by atoms with van der Waals surface area (Å²) in [5.41, 5.74) is 8.28. The number of hydrogen-bond donors (Lipinski definition) is 2. The number of nitrogens with two attached hydrogens (primary N) is 1. The molecule has 0 aliphatic carbocycles. The number of amides is 1. The number of fused-ring (bicyclic) bond motifs is 1. The Kier molecular flexibility index (Phi) is 6.04. The van der Waals surface area contributed by atoms with Gasteiger partial charge in [0.1, 0.15) is 11.3 Å². The molecular formula is C24H29N3O3. The molecule has 0 radical (unpaired) electrons. The van der Waals surface area contributed by atoms with Gasteiger partial charge >= 0.3 is 5.63 Å². The van der Waals surface area contributed by atoms with Crippen LogP contribution in [-0.4, -0.2) is 35.4 Å². The van der Waals surface area contributed by atoms with Crippen LogP contribution in [0.3, 0.4) is 0 Å². The van der Waals surface area contributed by atoms with Crippen molar-refractivity contribution in [1.29, 1.82) is 0 Å². The van der Waals surface area contributed by atoms with Gasteiger partial charge in [-0.05, 0) is 68.3 Å². The Bertz CT molecular complexity index is 1100. The number of para-hydroxylation sites is 1. The van der Waals surface area contributed by atoms with E-state index in [4.69, 9.17) is 10.2 Å². The molecule has 1 aliphatic heterocycles. The third-order valence-electron chi connectivity index (χ3n) is 6.11. The van der Waals surface area contributed by atoms with E-state index in [1.165, 1.54) is 10.9 Å². The zero-order chi connectivity index (χ0) is 21.1. The Balaban J connectivity index is 1.49. The number of nitrogens with zero attached hydrogens (tertiary/aromatic N) is 1. The highest BCUT2D eigenvalue weighted by atomic mass is 16.4. The highest BCUT2D eigenvalue weighted by Crippen LogP contribution is 2.22. The first-order valence-electron chi connectivity index (χ1n) is 10.7. The van der Waals surface area contributed by atoms with Crippen LogP contribution in [0, 0.1) is 12.8 Å². The Morgan fingerprint density at radius 3 is 2.93 bits per heavy atom. The summed E-state index contributed by atoms with van der Waals surface area (Å²) < 4.78 is 5.55. The van der Waals surface area contributed by atoms with E-state index in [2.05, 4.69) is 11.1 Å². The van der Waals surface area contributed by atoms with Gasteiger partial charge < -0.3 is 20.0 Å². The Morgan fingerprint density at radius 2 is 2.13 bits per heavy atom. The summed E-state index contributed by atoms with van der Waals surface area (Å²) in [5, 5.41) is 1.18. The minimum absolute atomic E-state index is 0.166. The van der Waals surface area contributed by atoms with Gasteiger partial charge in [0.05, 0.1) is 0 Å². The largest absolute Gasteiger partial charge is 0.427 e. The van der Waals surface area contributed by atoms with E-state index in [-0.39, 0.29) is 11.5 Å². The van der Waals surface area contributed by atoms with Gasteiger partial charge in [-0.25, -0.2) is 4.79 Å². The maximum absolute atomic E-state index is 13.0. The SMILES string of the molecule is Cc1cc(CCc2c[nH]c3ccccc23)oc(=O)c1C(=O)N1CCCC(CCN)C1.